The molecule has 0 spiro atoms. The quantitative estimate of drug-likeness (QED) is 0.901. The van der Waals surface area contributed by atoms with Gasteiger partial charge in [-0.15, -0.1) is 0 Å². The monoisotopic (exact) mass is 254 g/mol. The van der Waals surface area contributed by atoms with Crippen molar-refractivity contribution in [3.8, 4) is 0 Å². The summed E-state index contributed by atoms with van der Waals surface area (Å²) in [4.78, 5) is 0. The lowest BCUT2D eigenvalue weighted by Crippen LogP contribution is -2.08. The van der Waals surface area contributed by atoms with E-state index in [-0.39, 0.29) is 0 Å². The molecule has 0 radical (unpaired) electrons. The van der Waals surface area contributed by atoms with E-state index in [2.05, 4.69) is 10.2 Å². The van der Waals surface area contributed by atoms with Gasteiger partial charge in [0.15, 0.2) is 0 Å². The first kappa shape index (κ1) is 12.1. The lowest BCUT2D eigenvalue weighted by molar-refractivity contribution is 0.170. The molecule has 0 aromatic carbocycles. The molecule has 2 rings (SSSR count). The van der Waals surface area contributed by atoms with Crippen molar-refractivity contribution in [3.05, 3.63) is 34.4 Å². The van der Waals surface area contributed by atoms with Gasteiger partial charge in [0, 0.05) is 26.7 Å². The Labute approximate surface area is 105 Å². The van der Waals surface area contributed by atoms with Crippen molar-refractivity contribution in [1.82, 2.24) is 19.6 Å². The molecular formula is C11H15ClN4O. The Kier molecular flexibility index (Phi) is 3.22. The Morgan fingerprint density at radius 2 is 2.12 bits per heavy atom. The molecule has 0 aliphatic rings. The van der Waals surface area contributed by atoms with Gasteiger partial charge in [0.1, 0.15) is 6.10 Å². The summed E-state index contributed by atoms with van der Waals surface area (Å²) in [6.07, 6.45) is 1.55. The van der Waals surface area contributed by atoms with Gasteiger partial charge in [0.25, 0.3) is 0 Å². The third kappa shape index (κ3) is 2.35. The third-order valence-electron chi connectivity index (χ3n) is 2.72. The van der Waals surface area contributed by atoms with Gasteiger partial charge in [-0.05, 0) is 13.0 Å². The fourth-order valence-electron chi connectivity index (χ4n) is 1.80. The van der Waals surface area contributed by atoms with Crippen molar-refractivity contribution in [1.29, 1.82) is 0 Å². The molecule has 92 valence electrons. The molecule has 5 nitrogen and oxygen atoms in total. The van der Waals surface area contributed by atoms with Crippen molar-refractivity contribution in [2.24, 2.45) is 14.1 Å². The van der Waals surface area contributed by atoms with E-state index >= 15 is 0 Å². The molecule has 6 heteroatoms. The van der Waals surface area contributed by atoms with Crippen molar-refractivity contribution in [2.45, 2.75) is 19.4 Å². The first-order valence-electron chi connectivity index (χ1n) is 5.34. The summed E-state index contributed by atoms with van der Waals surface area (Å²) in [6, 6.07) is 1.79. The SMILES string of the molecule is Cc1nn(C)c(CC(O)c2ccn(C)n2)c1Cl. The van der Waals surface area contributed by atoms with E-state index in [9.17, 15) is 5.11 Å². The number of hydrogen-bond acceptors (Lipinski definition) is 3. The van der Waals surface area contributed by atoms with E-state index in [0.29, 0.717) is 17.1 Å². The molecule has 2 aromatic heterocycles. The Bertz CT molecular complexity index is 532. The molecule has 0 saturated carbocycles. The van der Waals surface area contributed by atoms with Crippen LogP contribution < -0.4 is 0 Å². The number of nitrogens with zero attached hydrogens (tertiary/aromatic N) is 4. The van der Waals surface area contributed by atoms with Crippen LogP contribution in [0.25, 0.3) is 0 Å². The fraction of sp³-hybridized carbons (Fsp3) is 0.455. The molecule has 2 heterocycles. The molecule has 0 amide bonds. The van der Waals surface area contributed by atoms with Crippen LogP contribution in [0.1, 0.15) is 23.2 Å². The van der Waals surface area contributed by atoms with Gasteiger partial charge in [-0.25, -0.2) is 0 Å². The van der Waals surface area contributed by atoms with Crippen LogP contribution in [-0.4, -0.2) is 24.7 Å². The Hall–Kier alpha value is -1.33. The second kappa shape index (κ2) is 4.50. The predicted octanol–water partition coefficient (Wildman–Crippen LogP) is 1.39. The zero-order valence-electron chi connectivity index (χ0n) is 10.1. The molecule has 0 bridgehead atoms. The van der Waals surface area contributed by atoms with Crippen LogP contribution in [0.15, 0.2) is 12.3 Å². The number of halogens is 1. The molecule has 2 aromatic rings. The molecule has 17 heavy (non-hydrogen) atoms. The predicted molar refractivity (Wildman–Crippen MR) is 64.8 cm³/mol. The van der Waals surface area contributed by atoms with E-state index in [1.54, 1.807) is 21.6 Å². The highest BCUT2D eigenvalue weighted by Gasteiger charge is 2.18. The fourth-order valence-corrected chi connectivity index (χ4v) is 2.04. The highest BCUT2D eigenvalue weighted by molar-refractivity contribution is 6.31. The summed E-state index contributed by atoms with van der Waals surface area (Å²) in [5, 5.41) is 19.1. The number of aryl methyl sites for hydroxylation is 3. The highest BCUT2D eigenvalue weighted by atomic mass is 35.5. The Morgan fingerprint density at radius 3 is 2.59 bits per heavy atom. The number of aliphatic hydroxyl groups excluding tert-OH is 1. The number of rotatable bonds is 3. The molecule has 0 saturated heterocycles. The topological polar surface area (TPSA) is 55.9 Å². The third-order valence-corrected chi connectivity index (χ3v) is 3.22. The number of hydrogen-bond donors (Lipinski definition) is 1. The lowest BCUT2D eigenvalue weighted by atomic mass is 10.1. The van der Waals surface area contributed by atoms with Gasteiger partial charge in [0.2, 0.25) is 0 Å². The first-order chi connectivity index (χ1) is 7.99. The summed E-state index contributed by atoms with van der Waals surface area (Å²) >= 11 is 6.13. The lowest BCUT2D eigenvalue weighted by Gasteiger charge is -2.08. The highest BCUT2D eigenvalue weighted by Crippen LogP contribution is 2.24. The minimum absolute atomic E-state index is 0.410. The second-order valence-corrected chi connectivity index (χ2v) is 4.48. The zero-order chi connectivity index (χ0) is 12.6. The molecule has 1 unspecified atom stereocenters. The summed E-state index contributed by atoms with van der Waals surface area (Å²) in [5.74, 6) is 0. The smallest absolute Gasteiger partial charge is 0.103 e. The normalized spacial score (nSPS) is 13.0. The van der Waals surface area contributed by atoms with Crippen LogP contribution in [0.3, 0.4) is 0 Å². The summed E-state index contributed by atoms with van der Waals surface area (Å²) in [6.45, 7) is 1.85. The first-order valence-corrected chi connectivity index (χ1v) is 5.72. The van der Waals surface area contributed by atoms with Crippen LogP contribution in [0.4, 0.5) is 0 Å². The maximum atomic E-state index is 10.1. The van der Waals surface area contributed by atoms with Crippen LogP contribution in [0.2, 0.25) is 5.02 Å². The second-order valence-electron chi connectivity index (χ2n) is 4.10. The molecule has 1 atom stereocenters. The van der Waals surface area contributed by atoms with Crippen molar-refractivity contribution in [3.63, 3.8) is 0 Å². The summed E-state index contributed by atoms with van der Waals surface area (Å²) in [5.41, 5.74) is 2.24. The van der Waals surface area contributed by atoms with E-state index in [4.69, 9.17) is 11.6 Å². The zero-order valence-corrected chi connectivity index (χ0v) is 10.8. The van der Waals surface area contributed by atoms with Crippen LogP contribution >= 0.6 is 11.6 Å². The van der Waals surface area contributed by atoms with E-state index in [1.165, 1.54) is 0 Å². The molecule has 0 fully saturated rings. The van der Waals surface area contributed by atoms with E-state index in [0.717, 1.165) is 11.4 Å². The minimum Gasteiger partial charge on any atom is -0.386 e. The van der Waals surface area contributed by atoms with E-state index < -0.39 is 6.10 Å². The van der Waals surface area contributed by atoms with Gasteiger partial charge in [0.05, 0.1) is 22.1 Å². The minimum atomic E-state index is -0.663. The Morgan fingerprint density at radius 1 is 1.41 bits per heavy atom. The molecule has 0 aliphatic heterocycles. The van der Waals surface area contributed by atoms with Gasteiger partial charge in [-0.1, -0.05) is 11.6 Å². The largest absolute Gasteiger partial charge is 0.386 e. The van der Waals surface area contributed by atoms with Gasteiger partial charge in [-0.3, -0.25) is 9.36 Å². The van der Waals surface area contributed by atoms with Gasteiger partial charge in [-0.2, -0.15) is 10.2 Å². The van der Waals surface area contributed by atoms with Gasteiger partial charge >= 0.3 is 0 Å². The van der Waals surface area contributed by atoms with Crippen molar-refractivity contribution >= 4 is 11.6 Å². The number of aliphatic hydroxyl groups is 1. The van der Waals surface area contributed by atoms with Gasteiger partial charge < -0.3 is 5.11 Å². The number of aromatic nitrogens is 4. The van der Waals surface area contributed by atoms with Crippen molar-refractivity contribution in [2.75, 3.05) is 0 Å². The molecule has 0 aliphatic carbocycles. The molecule has 1 N–H and O–H groups in total. The van der Waals surface area contributed by atoms with E-state index in [1.807, 2.05) is 21.0 Å². The van der Waals surface area contributed by atoms with Crippen LogP contribution in [0, 0.1) is 6.92 Å². The Balaban J connectivity index is 2.21. The average Bonchev–Trinajstić information content (AvgIpc) is 2.79. The summed E-state index contributed by atoms with van der Waals surface area (Å²) < 4.78 is 3.36. The van der Waals surface area contributed by atoms with Crippen LogP contribution in [-0.2, 0) is 20.5 Å². The maximum absolute atomic E-state index is 10.1. The van der Waals surface area contributed by atoms with Crippen molar-refractivity contribution < 1.29 is 5.11 Å². The standard InChI is InChI=1S/C11H15ClN4O/c1-7-11(12)9(16(3)13-7)6-10(17)8-4-5-15(2)14-8/h4-5,10,17H,6H2,1-3H3. The average molecular weight is 255 g/mol. The molecular weight excluding hydrogens is 240 g/mol. The maximum Gasteiger partial charge on any atom is 0.103 e. The summed E-state index contributed by atoms with van der Waals surface area (Å²) in [7, 11) is 3.64. The van der Waals surface area contributed by atoms with Crippen LogP contribution in [0.5, 0.6) is 0 Å².